The second-order valence-corrected chi connectivity index (χ2v) is 9.40. The van der Waals surface area contributed by atoms with Crippen LogP contribution >= 0.6 is 11.6 Å². The van der Waals surface area contributed by atoms with Gasteiger partial charge in [-0.1, -0.05) is 29.8 Å². The van der Waals surface area contributed by atoms with Gasteiger partial charge in [0, 0.05) is 36.8 Å². The van der Waals surface area contributed by atoms with Gasteiger partial charge in [-0.05, 0) is 24.3 Å². The van der Waals surface area contributed by atoms with Gasteiger partial charge in [0.15, 0.2) is 11.5 Å². The predicted octanol–water partition coefficient (Wildman–Crippen LogP) is 4.16. The Morgan fingerprint density at radius 3 is 2.50 bits per heavy atom. The van der Waals surface area contributed by atoms with Crippen molar-refractivity contribution in [2.45, 2.75) is 4.90 Å². The molecule has 0 bridgehead atoms. The van der Waals surface area contributed by atoms with Crippen molar-refractivity contribution in [2.24, 2.45) is 0 Å². The van der Waals surface area contributed by atoms with Crippen molar-refractivity contribution in [1.82, 2.24) is 15.0 Å². The minimum atomic E-state index is -4.38. The fourth-order valence-corrected chi connectivity index (χ4v) is 5.15. The number of methoxy groups -OCH3 is 1. The third-order valence-corrected chi connectivity index (χ3v) is 7.15. The number of anilines is 3. The summed E-state index contributed by atoms with van der Waals surface area (Å²) in [6.45, 7) is 0. The van der Waals surface area contributed by atoms with Crippen LogP contribution in [0.15, 0.2) is 53.6 Å². The van der Waals surface area contributed by atoms with Crippen LogP contribution in [-0.4, -0.2) is 50.5 Å². The molecule has 0 aliphatic heterocycles. The van der Waals surface area contributed by atoms with Gasteiger partial charge in [-0.15, -0.1) is 0 Å². The molecule has 0 aliphatic rings. The number of carbonyl (C=O) groups is 1. The third-order valence-electron chi connectivity index (χ3n) is 5.22. The molecule has 0 atom stereocenters. The molecule has 0 aliphatic carbocycles. The van der Waals surface area contributed by atoms with Crippen molar-refractivity contribution >= 4 is 56.1 Å². The first-order valence-electron chi connectivity index (χ1n) is 10.4. The second kappa shape index (κ2) is 9.91. The Kier molecular flexibility index (Phi) is 6.91. The molecule has 2 heterocycles. The van der Waals surface area contributed by atoms with Crippen LogP contribution in [0, 0.1) is 5.82 Å². The number of halogens is 2. The highest BCUT2D eigenvalue weighted by Crippen LogP contribution is 2.35. The molecule has 13 heteroatoms. The molecular weight excluding hydrogens is 511 g/mol. The number of carbonyl (C=O) groups excluding carboxylic acids is 1. The SMILES string of the molecule is CNc1ncc2cc(-c3cccc(NS(=O)(=O)c4cccc(C(=O)OC)c4Cl)c3F)c(NC)nc2n1. The fourth-order valence-electron chi connectivity index (χ4n) is 3.48. The van der Waals surface area contributed by atoms with Crippen LogP contribution in [0.2, 0.25) is 5.02 Å². The Labute approximate surface area is 211 Å². The van der Waals surface area contributed by atoms with Crippen LogP contribution in [0.5, 0.6) is 0 Å². The smallest absolute Gasteiger partial charge is 0.339 e. The molecule has 2 aromatic carbocycles. The number of sulfonamides is 1. The van der Waals surface area contributed by atoms with Crippen LogP contribution in [-0.2, 0) is 14.8 Å². The number of nitrogens with zero attached hydrogens (tertiary/aromatic N) is 3. The highest BCUT2D eigenvalue weighted by molar-refractivity contribution is 7.92. The number of nitrogens with one attached hydrogen (secondary N) is 3. The quantitative estimate of drug-likeness (QED) is 0.301. The minimum Gasteiger partial charge on any atom is -0.465 e. The topological polar surface area (TPSA) is 135 Å². The lowest BCUT2D eigenvalue weighted by Gasteiger charge is -2.15. The minimum absolute atomic E-state index is 0.0843. The highest BCUT2D eigenvalue weighted by atomic mass is 35.5. The number of ether oxygens (including phenoxy) is 1. The number of rotatable bonds is 7. The zero-order valence-electron chi connectivity index (χ0n) is 19.3. The summed E-state index contributed by atoms with van der Waals surface area (Å²) < 4.78 is 48.7. The average molecular weight is 531 g/mol. The van der Waals surface area contributed by atoms with Gasteiger partial charge in [0.2, 0.25) is 5.95 Å². The van der Waals surface area contributed by atoms with E-state index in [2.05, 4.69) is 35.0 Å². The summed E-state index contributed by atoms with van der Waals surface area (Å²) in [6, 6.07) is 9.76. The lowest BCUT2D eigenvalue weighted by molar-refractivity contribution is 0.0600. The molecule has 4 rings (SSSR count). The second-order valence-electron chi connectivity index (χ2n) is 7.37. The number of fused-ring (bicyclic) bond motifs is 1. The van der Waals surface area contributed by atoms with Crippen molar-refractivity contribution in [1.29, 1.82) is 0 Å². The van der Waals surface area contributed by atoms with Crippen molar-refractivity contribution in [3.05, 3.63) is 65.1 Å². The third kappa shape index (κ3) is 4.60. The zero-order chi connectivity index (χ0) is 26.0. The first-order valence-corrected chi connectivity index (χ1v) is 12.3. The molecule has 0 fully saturated rings. The van der Waals surface area contributed by atoms with Crippen LogP contribution in [0.3, 0.4) is 0 Å². The van der Waals surface area contributed by atoms with Gasteiger partial charge in [-0.2, -0.15) is 4.98 Å². The molecule has 0 spiro atoms. The lowest BCUT2D eigenvalue weighted by atomic mass is 10.0. The molecule has 36 heavy (non-hydrogen) atoms. The Bertz CT molecular complexity index is 1600. The van der Waals surface area contributed by atoms with Crippen LogP contribution < -0.4 is 15.4 Å². The van der Waals surface area contributed by atoms with Gasteiger partial charge in [0.1, 0.15) is 10.7 Å². The predicted molar refractivity (Wildman–Crippen MR) is 135 cm³/mol. The van der Waals surface area contributed by atoms with Gasteiger partial charge < -0.3 is 15.4 Å². The number of hydrogen-bond acceptors (Lipinski definition) is 9. The van der Waals surface area contributed by atoms with Crippen LogP contribution in [0.4, 0.5) is 21.8 Å². The van der Waals surface area contributed by atoms with Crippen molar-refractivity contribution in [2.75, 3.05) is 36.6 Å². The summed E-state index contributed by atoms with van der Waals surface area (Å²) >= 11 is 6.17. The Morgan fingerprint density at radius 2 is 1.81 bits per heavy atom. The molecule has 0 radical (unpaired) electrons. The number of pyridine rings is 1. The Hall–Kier alpha value is -4.03. The molecular formula is C23H20ClFN6O4S. The van der Waals surface area contributed by atoms with E-state index in [1.165, 1.54) is 36.4 Å². The van der Waals surface area contributed by atoms with Crippen LogP contribution in [0.1, 0.15) is 10.4 Å². The van der Waals surface area contributed by atoms with Gasteiger partial charge in [-0.25, -0.2) is 27.6 Å². The number of benzene rings is 2. The van der Waals surface area contributed by atoms with Gasteiger partial charge in [0.05, 0.1) is 23.4 Å². The summed E-state index contributed by atoms with van der Waals surface area (Å²) in [5.74, 6) is -0.940. The van der Waals surface area contributed by atoms with E-state index in [4.69, 9.17) is 11.6 Å². The summed E-state index contributed by atoms with van der Waals surface area (Å²) in [7, 11) is 0.0685. The van der Waals surface area contributed by atoms with Gasteiger partial charge >= 0.3 is 5.97 Å². The maximum absolute atomic E-state index is 15.7. The Balaban J connectivity index is 1.78. The van der Waals surface area contributed by atoms with E-state index >= 15 is 4.39 Å². The van der Waals surface area contributed by atoms with E-state index < -0.39 is 26.7 Å². The molecule has 0 amide bonds. The molecule has 186 valence electrons. The van der Waals surface area contributed by atoms with Crippen LogP contribution in [0.25, 0.3) is 22.2 Å². The van der Waals surface area contributed by atoms with E-state index in [9.17, 15) is 13.2 Å². The van der Waals surface area contributed by atoms with E-state index in [0.29, 0.717) is 28.4 Å². The summed E-state index contributed by atoms with van der Waals surface area (Å²) in [6.07, 6.45) is 1.55. The van der Waals surface area contributed by atoms with E-state index in [0.717, 1.165) is 7.11 Å². The maximum atomic E-state index is 15.7. The van der Waals surface area contributed by atoms with Gasteiger partial charge in [0.25, 0.3) is 10.0 Å². The number of aromatic nitrogens is 3. The van der Waals surface area contributed by atoms with E-state index in [1.807, 2.05) is 0 Å². The molecule has 0 saturated heterocycles. The molecule has 0 unspecified atom stereocenters. The normalized spacial score (nSPS) is 11.2. The lowest BCUT2D eigenvalue weighted by Crippen LogP contribution is -2.16. The number of hydrogen-bond donors (Lipinski definition) is 3. The van der Waals surface area contributed by atoms with E-state index in [1.54, 1.807) is 26.4 Å². The van der Waals surface area contributed by atoms with E-state index in [-0.39, 0.29) is 21.8 Å². The largest absolute Gasteiger partial charge is 0.465 e. The molecule has 2 aromatic heterocycles. The maximum Gasteiger partial charge on any atom is 0.339 e. The average Bonchev–Trinajstić information content (AvgIpc) is 2.88. The Morgan fingerprint density at radius 1 is 1.06 bits per heavy atom. The van der Waals surface area contributed by atoms with Crippen molar-refractivity contribution in [3.63, 3.8) is 0 Å². The summed E-state index contributed by atoms with van der Waals surface area (Å²) in [4.78, 5) is 24.4. The molecule has 3 N–H and O–H groups in total. The first-order chi connectivity index (χ1) is 17.2. The van der Waals surface area contributed by atoms with Gasteiger partial charge in [-0.3, -0.25) is 4.72 Å². The molecule has 0 saturated carbocycles. The standard InChI is InChI=1S/C23H20ClFN6O4S/c1-26-21-15(10-12-11-28-23(27-2)30-20(12)29-21)13-6-4-8-16(19(13)25)31-36(33,34)17-9-5-7-14(18(17)24)22(32)35-3/h4-11,31H,1-3H3,(H2,26,27,28,29,30). The highest BCUT2D eigenvalue weighted by Gasteiger charge is 2.25. The fraction of sp³-hybridized carbons (Fsp3) is 0.130. The zero-order valence-corrected chi connectivity index (χ0v) is 20.8. The van der Waals surface area contributed by atoms with Crippen molar-refractivity contribution < 1.29 is 22.3 Å². The molecule has 10 nitrogen and oxygen atoms in total. The van der Waals surface area contributed by atoms with Crippen molar-refractivity contribution in [3.8, 4) is 11.1 Å². The number of esters is 1. The first kappa shape index (κ1) is 25.1. The summed E-state index contributed by atoms with van der Waals surface area (Å²) in [5, 5.41) is 5.96. The summed E-state index contributed by atoms with van der Waals surface area (Å²) in [5.41, 5.74) is 0.382. The monoisotopic (exact) mass is 530 g/mol. The molecule has 4 aromatic rings.